The maximum atomic E-state index is 5.90. The van der Waals surface area contributed by atoms with Crippen LogP contribution < -0.4 is 5.32 Å². The van der Waals surface area contributed by atoms with Gasteiger partial charge in [-0.05, 0) is 42.7 Å². The van der Waals surface area contributed by atoms with Crippen LogP contribution in [0.3, 0.4) is 0 Å². The molecule has 108 valence electrons. The van der Waals surface area contributed by atoms with Crippen molar-refractivity contribution in [3.63, 3.8) is 0 Å². The highest BCUT2D eigenvalue weighted by Crippen LogP contribution is 2.37. The standard InChI is InChI=1S/C14H24BrN3O/c1-10-13(15)11(18(3)17-10)9-12(16-2)14(19-4)7-5-6-8-14/h12,16H,5-9H2,1-4H3. The Morgan fingerprint density at radius 3 is 2.53 bits per heavy atom. The predicted octanol–water partition coefficient (Wildman–Crippen LogP) is 2.58. The van der Waals surface area contributed by atoms with Gasteiger partial charge in [-0.25, -0.2) is 0 Å². The third-order valence-corrected chi connectivity index (χ3v) is 5.53. The number of nitrogens with one attached hydrogen (secondary N) is 1. The predicted molar refractivity (Wildman–Crippen MR) is 80.4 cm³/mol. The Balaban J connectivity index is 2.23. The van der Waals surface area contributed by atoms with Gasteiger partial charge in [-0.15, -0.1) is 0 Å². The summed E-state index contributed by atoms with van der Waals surface area (Å²) in [6.45, 7) is 2.03. The molecule has 0 saturated heterocycles. The third-order valence-electron chi connectivity index (χ3n) is 4.50. The number of halogens is 1. The molecule has 0 aromatic carbocycles. The Hall–Kier alpha value is -0.390. The van der Waals surface area contributed by atoms with Gasteiger partial charge in [-0.1, -0.05) is 12.8 Å². The molecule has 0 radical (unpaired) electrons. The number of hydrogen-bond donors (Lipinski definition) is 1. The Morgan fingerprint density at radius 2 is 2.11 bits per heavy atom. The topological polar surface area (TPSA) is 39.1 Å². The van der Waals surface area contributed by atoms with Crippen molar-refractivity contribution in [3.05, 3.63) is 15.9 Å². The third kappa shape index (κ3) is 2.73. The van der Waals surface area contributed by atoms with E-state index in [9.17, 15) is 0 Å². The summed E-state index contributed by atoms with van der Waals surface area (Å²) in [6.07, 6.45) is 5.74. The summed E-state index contributed by atoms with van der Waals surface area (Å²) < 4.78 is 9.00. The molecule has 0 amide bonds. The normalized spacial score (nSPS) is 19.8. The van der Waals surface area contributed by atoms with Crippen molar-refractivity contribution < 1.29 is 4.74 Å². The van der Waals surface area contributed by atoms with Gasteiger partial charge in [0.25, 0.3) is 0 Å². The number of aromatic nitrogens is 2. The van der Waals surface area contributed by atoms with Crippen molar-refractivity contribution >= 4 is 15.9 Å². The van der Waals surface area contributed by atoms with Gasteiger partial charge < -0.3 is 10.1 Å². The van der Waals surface area contributed by atoms with Crippen molar-refractivity contribution in [2.75, 3.05) is 14.2 Å². The van der Waals surface area contributed by atoms with Crippen molar-refractivity contribution in [2.24, 2.45) is 7.05 Å². The number of nitrogens with zero attached hydrogens (tertiary/aromatic N) is 2. The number of ether oxygens (including phenoxy) is 1. The van der Waals surface area contributed by atoms with Crippen LogP contribution in [0.15, 0.2) is 4.47 Å². The molecule has 1 saturated carbocycles. The first-order valence-corrected chi connectivity index (χ1v) is 7.74. The lowest BCUT2D eigenvalue weighted by molar-refractivity contribution is -0.0340. The van der Waals surface area contributed by atoms with Gasteiger partial charge in [0.1, 0.15) is 0 Å². The molecule has 1 aliphatic carbocycles. The van der Waals surface area contributed by atoms with Crippen LogP contribution >= 0.6 is 15.9 Å². The first-order valence-electron chi connectivity index (χ1n) is 6.94. The quantitative estimate of drug-likeness (QED) is 0.902. The van der Waals surface area contributed by atoms with Crippen LogP contribution in [0.25, 0.3) is 0 Å². The van der Waals surface area contributed by atoms with E-state index in [1.54, 1.807) is 0 Å². The van der Waals surface area contributed by atoms with E-state index in [4.69, 9.17) is 4.74 Å². The smallest absolute Gasteiger partial charge is 0.0834 e. The van der Waals surface area contributed by atoms with Crippen molar-refractivity contribution in [1.29, 1.82) is 0 Å². The molecule has 1 atom stereocenters. The van der Waals surface area contributed by atoms with E-state index >= 15 is 0 Å². The molecule has 1 aromatic rings. The maximum absolute atomic E-state index is 5.90. The SMILES string of the molecule is CNC(Cc1c(Br)c(C)nn1C)C1(OC)CCCC1. The molecule has 0 bridgehead atoms. The van der Waals surface area contributed by atoms with E-state index < -0.39 is 0 Å². The molecule has 1 heterocycles. The molecule has 19 heavy (non-hydrogen) atoms. The van der Waals surface area contributed by atoms with Crippen molar-refractivity contribution in [1.82, 2.24) is 15.1 Å². The minimum atomic E-state index is -0.0215. The van der Waals surface area contributed by atoms with Crippen LogP contribution in [-0.2, 0) is 18.2 Å². The zero-order chi connectivity index (χ0) is 14.0. The van der Waals surface area contributed by atoms with Crippen molar-refractivity contribution in [2.45, 2.75) is 50.7 Å². The summed E-state index contributed by atoms with van der Waals surface area (Å²) in [5.41, 5.74) is 2.26. The average Bonchev–Trinajstić information content (AvgIpc) is 2.96. The number of likely N-dealkylation sites (N-methyl/N-ethyl adjacent to an activating group) is 1. The van der Waals surface area contributed by atoms with E-state index in [0.29, 0.717) is 6.04 Å². The summed E-state index contributed by atoms with van der Waals surface area (Å²) in [7, 11) is 5.88. The molecule has 1 aliphatic rings. The Bertz CT molecular complexity index is 438. The highest BCUT2D eigenvalue weighted by molar-refractivity contribution is 9.10. The van der Waals surface area contributed by atoms with Gasteiger partial charge in [0.2, 0.25) is 0 Å². The van der Waals surface area contributed by atoms with E-state index in [-0.39, 0.29) is 5.60 Å². The molecule has 0 spiro atoms. The summed E-state index contributed by atoms with van der Waals surface area (Å²) in [4.78, 5) is 0. The monoisotopic (exact) mass is 329 g/mol. The molecule has 1 aromatic heterocycles. The highest BCUT2D eigenvalue weighted by atomic mass is 79.9. The van der Waals surface area contributed by atoms with Crippen LogP contribution in [0.5, 0.6) is 0 Å². The Labute approximate surface area is 124 Å². The molecule has 2 rings (SSSR count). The molecular formula is C14H24BrN3O. The van der Waals surface area contributed by atoms with E-state index in [0.717, 1.165) is 29.4 Å². The van der Waals surface area contributed by atoms with Crippen LogP contribution in [0.1, 0.15) is 37.1 Å². The van der Waals surface area contributed by atoms with E-state index in [1.807, 2.05) is 32.8 Å². The second kappa shape index (κ2) is 5.94. The first-order chi connectivity index (χ1) is 9.04. The number of methoxy groups -OCH3 is 1. The molecule has 0 aliphatic heterocycles. The van der Waals surface area contributed by atoms with E-state index in [1.165, 1.54) is 18.5 Å². The summed E-state index contributed by atoms with van der Waals surface area (Å²) in [6, 6.07) is 0.325. The van der Waals surface area contributed by atoms with Crippen LogP contribution in [0.4, 0.5) is 0 Å². The fourth-order valence-corrected chi connectivity index (χ4v) is 3.81. The lowest BCUT2D eigenvalue weighted by Crippen LogP contribution is -2.50. The van der Waals surface area contributed by atoms with Gasteiger partial charge in [0.15, 0.2) is 0 Å². The summed E-state index contributed by atoms with van der Waals surface area (Å²) in [5.74, 6) is 0. The van der Waals surface area contributed by atoms with E-state index in [2.05, 4.69) is 26.3 Å². The summed E-state index contributed by atoms with van der Waals surface area (Å²) >= 11 is 3.65. The molecule has 5 heteroatoms. The van der Waals surface area contributed by atoms with Gasteiger partial charge in [0.05, 0.1) is 21.5 Å². The average molecular weight is 330 g/mol. The fourth-order valence-electron chi connectivity index (χ4n) is 3.31. The minimum absolute atomic E-state index is 0.0215. The zero-order valence-corrected chi connectivity index (χ0v) is 13.9. The largest absolute Gasteiger partial charge is 0.377 e. The second-order valence-corrected chi connectivity index (χ2v) is 6.28. The van der Waals surface area contributed by atoms with Gasteiger partial charge in [-0.3, -0.25) is 4.68 Å². The second-order valence-electron chi connectivity index (χ2n) is 5.49. The number of rotatable bonds is 5. The van der Waals surface area contributed by atoms with Gasteiger partial charge in [-0.2, -0.15) is 5.10 Å². The number of aryl methyl sites for hydroxylation is 2. The first kappa shape index (κ1) is 15.0. The lowest BCUT2D eigenvalue weighted by atomic mass is 9.88. The minimum Gasteiger partial charge on any atom is -0.377 e. The number of hydrogen-bond acceptors (Lipinski definition) is 3. The highest BCUT2D eigenvalue weighted by Gasteiger charge is 2.41. The van der Waals surface area contributed by atoms with Crippen LogP contribution in [0, 0.1) is 6.92 Å². The molecular weight excluding hydrogens is 306 g/mol. The van der Waals surface area contributed by atoms with Crippen LogP contribution in [0.2, 0.25) is 0 Å². The lowest BCUT2D eigenvalue weighted by Gasteiger charge is -2.36. The Morgan fingerprint density at radius 1 is 1.47 bits per heavy atom. The van der Waals surface area contributed by atoms with Gasteiger partial charge in [0, 0.05) is 26.6 Å². The Kier molecular flexibility index (Phi) is 4.69. The van der Waals surface area contributed by atoms with Crippen LogP contribution in [-0.4, -0.2) is 35.6 Å². The van der Waals surface area contributed by atoms with Crippen molar-refractivity contribution in [3.8, 4) is 0 Å². The molecule has 4 nitrogen and oxygen atoms in total. The fraction of sp³-hybridized carbons (Fsp3) is 0.786. The van der Waals surface area contributed by atoms with Gasteiger partial charge >= 0.3 is 0 Å². The zero-order valence-electron chi connectivity index (χ0n) is 12.3. The molecule has 1 unspecified atom stereocenters. The molecule has 1 N–H and O–H groups in total. The maximum Gasteiger partial charge on any atom is 0.0834 e. The summed E-state index contributed by atoms with van der Waals surface area (Å²) in [5, 5.41) is 7.94. The molecule has 1 fully saturated rings.